The summed E-state index contributed by atoms with van der Waals surface area (Å²) in [7, 11) is 0. The molecule has 0 atom stereocenters. The maximum Gasteiger partial charge on any atom is 0.251 e. The van der Waals surface area contributed by atoms with Crippen molar-refractivity contribution in [1.29, 1.82) is 0 Å². The molecule has 18 heavy (non-hydrogen) atoms. The Hall–Kier alpha value is -1.02. The van der Waals surface area contributed by atoms with Crippen molar-refractivity contribution >= 4 is 17.5 Å². The van der Waals surface area contributed by atoms with Gasteiger partial charge in [0.1, 0.15) is 0 Å². The minimum atomic E-state index is -0.252. The Morgan fingerprint density at radius 3 is 2.78 bits per heavy atom. The molecule has 0 aliphatic heterocycles. The maximum absolute atomic E-state index is 12.2. The van der Waals surface area contributed by atoms with Gasteiger partial charge < -0.3 is 5.32 Å². The lowest BCUT2D eigenvalue weighted by molar-refractivity contribution is 0.0911. The van der Waals surface area contributed by atoms with E-state index >= 15 is 0 Å². The van der Waals surface area contributed by atoms with Gasteiger partial charge in [-0.05, 0) is 62.8 Å². The lowest BCUT2D eigenvalue weighted by Gasteiger charge is -2.25. The van der Waals surface area contributed by atoms with Gasteiger partial charge in [0.05, 0.1) is 0 Å². The van der Waals surface area contributed by atoms with Crippen molar-refractivity contribution < 1.29 is 4.79 Å². The molecule has 0 bridgehead atoms. The first-order valence-corrected chi connectivity index (χ1v) is 7.05. The van der Waals surface area contributed by atoms with E-state index in [0.29, 0.717) is 5.88 Å². The number of aryl methyl sites for hydroxylation is 2. The average Bonchev–Trinajstić information content (AvgIpc) is 2.74. The zero-order chi connectivity index (χ0) is 13.2. The lowest BCUT2D eigenvalue weighted by atomic mass is 10.00. The van der Waals surface area contributed by atoms with Gasteiger partial charge in [0.2, 0.25) is 0 Å². The summed E-state index contributed by atoms with van der Waals surface area (Å²) < 4.78 is 0. The summed E-state index contributed by atoms with van der Waals surface area (Å²) in [6.07, 6.45) is 4.22. The van der Waals surface area contributed by atoms with Gasteiger partial charge in [-0.15, -0.1) is 11.6 Å². The Balaban J connectivity index is 2.10. The number of rotatable bonds is 4. The largest absolute Gasteiger partial charge is 0.347 e. The second-order valence-corrected chi connectivity index (χ2v) is 5.99. The van der Waals surface area contributed by atoms with Crippen LogP contribution in [0.25, 0.3) is 0 Å². The van der Waals surface area contributed by atoms with E-state index < -0.39 is 0 Å². The molecule has 1 aliphatic rings. The summed E-state index contributed by atoms with van der Waals surface area (Å²) in [5, 5.41) is 3.04. The van der Waals surface area contributed by atoms with Gasteiger partial charge in [0.15, 0.2) is 0 Å². The molecule has 0 aromatic heterocycles. The third-order valence-corrected chi connectivity index (χ3v) is 3.72. The van der Waals surface area contributed by atoms with Crippen LogP contribution in [0.1, 0.15) is 48.2 Å². The Kier molecular flexibility index (Phi) is 3.96. The highest BCUT2D eigenvalue weighted by molar-refractivity contribution is 6.17. The van der Waals surface area contributed by atoms with Crippen LogP contribution in [0.5, 0.6) is 0 Å². The number of nitrogens with one attached hydrogen (secondary N) is 1. The fourth-order valence-electron chi connectivity index (χ4n) is 2.39. The average molecular weight is 266 g/mol. The second-order valence-electron chi connectivity index (χ2n) is 5.61. The highest BCUT2D eigenvalue weighted by Crippen LogP contribution is 2.23. The van der Waals surface area contributed by atoms with Crippen LogP contribution in [0, 0.1) is 0 Å². The Morgan fingerprint density at radius 2 is 2.06 bits per heavy atom. The monoisotopic (exact) mass is 265 g/mol. The highest BCUT2D eigenvalue weighted by atomic mass is 35.5. The van der Waals surface area contributed by atoms with Crippen molar-refractivity contribution in [3.63, 3.8) is 0 Å². The summed E-state index contributed by atoms with van der Waals surface area (Å²) >= 11 is 5.74. The molecule has 0 heterocycles. The summed E-state index contributed by atoms with van der Waals surface area (Å²) in [5.41, 5.74) is 3.24. The Morgan fingerprint density at radius 1 is 1.33 bits per heavy atom. The first-order chi connectivity index (χ1) is 8.52. The van der Waals surface area contributed by atoms with Gasteiger partial charge in [-0.3, -0.25) is 4.79 Å². The topological polar surface area (TPSA) is 29.1 Å². The van der Waals surface area contributed by atoms with Crippen LogP contribution in [0.2, 0.25) is 0 Å². The van der Waals surface area contributed by atoms with Crippen molar-refractivity contribution in [1.82, 2.24) is 5.32 Å². The molecule has 0 saturated carbocycles. The van der Waals surface area contributed by atoms with E-state index in [4.69, 9.17) is 11.6 Å². The number of hydrogen-bond donors (Lipinski definition) is 1. The quantitative estimate of drug-likeness (QED) is 0.832. The van der Waals surface area contributed by atoms with Crippen LogP contribution >= 0.6 is 11.6 Å². The van der Waals surface area contributed by atoms with Crippen LogP contribution in [-0.4, -0.2) is 17.3 Å². The smallest absolute Gasteiger partial charge is 0.251 e. The highest BCUT2D eigenvalue weighted by Gasteiger charge is 2.21. The van der Waals surface area contributed by atoms with Gasteiger partial charge in [0, 0.05) is 17.0 Å². The molecule has 0 radical (unpaired) electrons. The first kappa shape index (κ1) is 13.4. The summed E-state index contributed by atoms with van der Waals surface area (Å²) in [6.45, 7) is 4.00. The van der Waals surface area contributed by atoms with Crippen LogP contribution in [0.3, 0.4) is 0 Å². The first-order valence-electron chi connectivity index (χ1n) is 6.52. The third-order valence-electron chi connectivity index (χ3n) is 3.53. The predicted molar refractivity (Wildman–Crippen MR) is 75.3 cm³/mol. The minimum Gasteiger partial charge on any atom is -0.347 e. The van der Waals surface area contributed by atoms with Crippen molar-refractivity contribution in [2.45, 2.75) is 45.1 Å². The van der Waals surface area contributed by atoms with E-state index in [2.05, 4.69) is 11.4 Å². The molecule has 98 valence electrons. The van der Waals surface area contributed by atoms with Gasteiger partial charge in [-0.2, -0.15) is 0 Å². The molecule has 2 nitrogen and oxygen atoms in total. The van der Waals surface area contributed by atoms with Crippen LogP contribution < -0.4 is 5.32 Å². The molecular weight excluding hydrogens is 246 g/mol. The molecule has 1 aromatic rings. The van der Waals surface area contributed by atoms with E-state index in [1.54, 1.807) is 0 Å². The van der Waals surface area contributed by atoms with E-state index in [9.17, 15) is 4.79 Å². The van der Waals surface area contributed by atoms with Crippen LogP contribution in [0.4, 0.5) is 0 Å². The van der Waals surface area contributed by atoms with Gasteiger partial charge in [0.25, 0.3) is 5.91 Å². The normalized spacial score (nSPS) is 14.4. The fraction of sp³-hybridized carbons (Fsp3) is 0.533. The van der Waals surface area contributed by atoms with Crippen molar-refractivity contribution in [3.05, 3.63) is 34.9 Å². The number of fused-ring (bicyclic) bond motifs is 1. The SMILES string of the molecule is CC(C)(CCCl)NC(=O)c1ccc2c(c1)CCC2. The molecule has 0 spiro atoms. The number of hydrogen-bond acceptors (Lipinski definition) is 1. The van der Waals surface area contributed by atoms with Crippen LogP contribution in [-0.2, 0) is 12.8 Å². The Labute approximate surface area is 114 Å². The minimum absolute atomic E-state index is 0.000170. The molecule has 3 heteroatoms. The third kappa shape index (κ3) is 3.05. The van der Waals surface area contributed by atoms with E-state index in [-0.39, 0.29) is 11.4 Å². The summed E-state index contributed by atoms with van der Waals surface area (Å²) in [4.78, 5) is 12.2. The standard InChI is InChI=1S/C15H20ClNO/c1-15(2,8-9-16)17-14(18)13-7-6-11-4-3-5-12(11)10-13/h6-7,10H,3-5,8-9H2,1-2H3,(H,17,18). The number of carbonyl (C=O) groups excluding carboxylic acids is 1. The van der Waals surface area contributed by atoms with E-state index in [1.165, 1.54) is 17.5 Å². The molecule has 1 amide bonds. The molecule has 0 unspecified atom stereocenters. The lowest BCUT2D eigenvalue weighted by Crippen LogP contribution is -2.43. The van der Waals surface area contributed by atoms with Crippen molar-refractivity contribution in [3.8, 4) is 0 Å². The predicted octanol–water partition coefficient (Wildman–Crippen LogP) is 3.31. The van der Waals surface area contributed by atoms with E-state index in [0.717, 1.165) is 24.8 Å². The molecular formula is C15H20ClNO. The van der Waals surface area contributed by atoms with Crippen molar-refractivity contribution in [2.24, 2.45) is 0 Å². The van der Waals surface area contributed by atoms with Gasteiger partial charge in [-0.1, -0.05) is 6.07 Å². The zero-order valence-corrected chi connectivity index (χ0v) is 11.8. The maximum atomic E-state index is 12.2. The molecule has 0 saturated heterocycles. The summed E-state index contributed by atoms with van der Waals surface area (Å²) in [5.74, 6) is 0.553. The molecule has 2 rings (SSSR count). The zero-order valence-electron chi connectivity index (χ0n) is 11.1. The summed E-state index contributed by atoms with van der Waals surface area (Å²) in [6, 6.07) is 6.05. The Bertz CT molecular complexity index is 454. The molecule has 1 aliphatic carbocycles. The van der Waals surface area contributed by atoms with Crippen LogP contribution in [0.15, 0.2) is 18.2 Å². The van der Waals surface area contributed by atoms with E-state index in [1.807, 2.05) is 26.0 Å². The van der Waals surface area contributed by atoms with Crippen molar-refractivity contribution in [2.75, 3.05) is 5.88 Å². The molecule has 1 N–H and O–H groups in total. The van der Waals surface area contributed by atoms with Gasteiger partial charge >= 0.3 is 0 Å². The molecule has 0 fully saturated rings. The fourth-order valence-corrected chi connectivity index (χ4v) is 2.86. The number of benzene rings is 1. The second kappa shape index (κ2) is 5.31. The molecule has 1 aromatic carbocycles. The number of alkyl halides is 1. The number of halogens is 1. The number of carbonyl (C=O) groups is 1. The number of amides is 1. The van der Waals surface area contributed by atoms with Gasteiger partial charge in [-0.25, -0.2) is 0 Å².